The van der Waals surface area contributed by atoms with Crippen molar-refractivity contribution in [1.29, 1.82) is 0 Å². The number of aryl methyl sites for hydroxylation is 1. The maximum absolute atomic E-state index is 3.74. The van der Waals surface area contributed by atoms with E-state index in [9.17, 15) is 0 Å². The van der Waals surface area contributed by atoms with Crippen molar-refractivity contribution >= 4 is 15.9 Å². The molecule has 1 aliphatic rings. The van der Waals surface area contributed by atoms with Gasteiger partial charge in [-0.2, -0.15) is 0 Å². The molecular weight excluding hydrogens is 322 g/mol. The highest BCUT2D eigenvalue weighted by atomic mass is 79.9. The lowest BCUT2D eigenvalue weighted by Crippen LogP contribution is -2.18. The van der Waals surface area contributed by atoms with Crippen LogP contribution in [0.4, 0.5) is 0 Å². The SMILES string of the molecule is CNC(c1ccc(C2CCC2)cc1)c1cccc(C)c1Br. The molecule has 0 bridgehead atoms. The first kappa shape index (κ1) is 14.8. The minimum absolute atomic E-state index is 0.231. The van der Waals surface area contributed by atoms with Crippen molar-refractivity contribution in [3.8, 4) is 0 Å². The van der Waals surface area contributed by atoms with Gasteiger partial charge in [0.25, 0.3) is 0 Å². The Labute approximate surface area is 135 Å². The Morgan fingerprint density at radius 1 is 1.10 bits per heavy atom. The van der Waals surface area contributed by atoms with Gasteiger partial charge in [-0.1, -0.05) is 64.8 Å². The summed E-state index contributed by atoms with van der Waals surface area (Å²) < 4.78 is 1.20. The molecule has 0 amide bonds. The molecule has 0 heterocycles. The molecule has 0 saturated heterocycles. The largest absolute Gasteiger partial charge is 0.309 e. The summed E-state index contributed by atoms with van der Waals surface area (Å²) in [6.07, 6.45) is 4.11. The van der Waals surface area contributed by atoms with Crippen molar-refractivity contribution in [2.75, 3.05) is 7.05 Å². The Bertz CT molecular complexity index is 614. The first-order valence-corrected chi connectivity index (χ1v) is 8.52. The second-order valence-electron chi connectivity index (χ2n) is 5.99. The van der Waals surface area contributed by atoms with E-state index in [1.807, 2.05) is 7.05 Å². The van der Waals surface area contributed by atoms with E-state index in [4.69, 9.17) is 0 Å². The molecule has 1 N–H and O–H groups in total. The number of hydrogen-bond acceptors (Lipinski definition) is 1. The quantitative estimate of drug-likeness (QED) is 0.790. The summed E-state index contributed by atoms with van der Waals surface area (Å²) in [5, 5.41) is 3.45. The highest BCUT2D eigenvalue weighted by molar-refractivity contribution is 9.10. The van der Waals surface area contributed by atoms with Crippen LogP contribution in [0.5, 0.6) is 0 Å². The summed E-state index contributed by atoms with van der Waals surface area (Å²) in [5.74, 6) is 0.804. The van der Waals surface area contributed by atoms with Gasteiger partial charge in [0.15, 0.2) is 0 Å². The minimum atomic E-state index is 0.231. The fourth-order valence-corrected chi connectivity index (χ4v) is 3.59. The van der Waals surface area contributed by atoms with Crippen molar-refractivity contribution < 1.29 is 0 Å². The zero-order chi connectivity index (χ0) is 14.8. The van der Waals surface area contributed by atoms with Gasteiger partial charge in [-0.05, 0) is 55.0 Å². The van der Waals surface area contributed by atoms with Gasteiger partial charge in [0.05, 0.1) is 6.04 Å². The van der Waals surface area contributed by atoms with Crippen LogP contribution in [0.3, 0.4) is 0 Å². The standard InChI is InChI=1S/C19H22BrN/c1-13-5-3-8-17(18(13)20)19(21-2)16-11-9-15(10-12-16)14-6-4-7-14/h3,5,8-12,14,19,21H,4,6-7H2,1-2H3. The molecule has 1 aliphatic carbocycles. The summed E-state index contributed by atoms with van der Waals surface area (Å²) in [4.78, 5) is 0. The van der Waals surface area contributed by atoms with Gasteiger partial charge in [-0.25, -0.2) is 0 Å². The van der Waals surface area contributed by atoms with Crippen LogP contribution in [0.25, 0.3) is 0 Å². The number of rotatable bonds is 4. The third-order valence-corrected chi connectivity index (χ3v) is 5.75. The minimum Gasteiger partial charge on any atom is -0.309 e. The lowest BCUT2D eigenvalue weighted by Gasteiger charge is -2.26. The third-order valence-electron chi connectivity index (χ3n) is 4.67. The van der Waals surface area contributed by atoms with Crippen LogP contribution < -0.4 is 5.32 Å². The lowest BCUT2D eigenvalue weighted by atomic mass is 9.79. The molecule has 3 rings (SSSR count). The van der Waals surface area contributed by atoms with E-state index < -0.39 is 0 Å². The van der Waals surface area contributed by atoms with E-state index >= 15 is 0 Å². The molecule has 1 nitrogen and oxygen atoms in total. The fraction of sp³-hybridized carbons (Fsp3) is 0.368. The summed E-state index contributed by atoms with van der Waals surface area (Å²) in [6.45, 7) is 2.14. The Hall–Kier alpha value is -1.12. The molecule has 0 spiro atoms. The molecule has 0 radical (unpaired) electrons. The number of nitrogens with one attached hydrogen (secondary N) is 1. The van der Waals surface area contributed by atoms with Gasteiger partial charge in [-0.15, -0.1) is 0 Å². The van der Waals surface area contributed by atoms with E-state index in [-0.39, 0.29) is 6.04 Å². The molecule has 0 aliphatic heterocycles. The second kappa shape index (κ2) is 6.33. The van der Waals surface area contributed by atoms with E-state index in [0.717, 1.165) is 5.92 Å². The van der Waals surface area contributed by atoms with Gasteiger partial charge in [0.1, 0.15) is 0 Å². The van der Waals surface area contributed by atoms with E-state index in [2.05, 4.69) is 70.6 Å². The Morgan fingerprint density at radius 2 is 1.81 bits per heavy atom. The van der Waals surface area contributed by atoms with Crippen LogP contribution in [0.2, 0.25) is 0 Å². The smallest absolute Gasteiger partial charge is 0.0585 e. The molecule has 2 heteroatoms. The topological polar surface area (TPSA) is 12.0 Å². The number of halogens is 1. The summed E-state index contributed by atoms with van der Waals surface area (Å²) in [5.41, 5.74) is 5.41. The van der Waals surface area contributed by atoms with Crippen molar-refractivity contribution in [2.45, 2.75) is 38.1 Å². The van der Waals surface area contributed by atoms with Crippen molar-refractivity contribution in [3.63, 3.8) is 0 Å². The van der Waals surface area contributed by atoms with Crippen molar-refractivity contribution in [2.24, 2.45) is 0 Å². The first-order valence-electron chi connectivity index (χ1n) is 7.73. The predicted molar refractivity (Wildman–Crippen MR) is 92.8 cm³/mol. The Morgan fingerprint density at radius 3 is 2.38 bits per heavy atom. The van der Waals surface area contributed by atoms with Gasteiger partial charge >= 0.3 is 0 Å². The van der Waals surface area contributed by atoms with Crippen LogP contribution in [-0.4, -0.2) is 7.05 Å². The highest BCUT2D eigenvalue weighted by Crippen LogP contribution is 2.37. The molecule has 1 saturated carbocycles. The van der Waals surface area contributed by atoms with Gasteiger partial charge in [0.2, 0.25) is 0 Å². The van der Waals surface area contributed by atoms with Gasteiger partial charge in [-0.3, -0.25) is 0 Å². The Kier molecular flexibility index (Phi) is 4.46. The van der Waals surface area contributed by atoms with Crippen LogP contribution in [0, 0.1) is 6.92 Å². The molecule has 0 aromatic heterocycles. The van der Waals surface area contributed by atoms with Crippen LogP contribution >= 0.6 is 15.9 Å². The van der Waals surface area contributed by atoms with Crippen LogP contribution in [0.15, 0.2) is 46.9 Å². The molecule has 110 valence electrons. The zero-order valence-corrected chi connectivity index (χ0v) is 14.3. The molecule has 2 aromatic carbocycles. The Balaban J connectivity index is 1.90. The first-order chi connectivity index (χ1) is 10.2. The maximum atomic E-state index is 3.74. The molecule has 1 unspecified atom stereocenters. The van der Waals surface area contributed by atoms with Crippen LogP contribution in [-0.2, 0) is 0 Å². The maximum Gasteiger partial charge on any atom is 0.0585 e. The third kappa shape index (κ3) is 2.93. The van der Waals surface area contributed by atoms with Gasteiger partial charge < -0.3 is 5.32 Å². The summed E-state index contributed by atoms with van der Waals surface area (Å²) >= 11 is 3.74. The van der Waals surface area contributed by atoms with E-state index in [1.54, 1.807) is 0 Å². The average Bonchev–Trinajstić information content (AvgIpc) is 2.44. The zero-order valence-electron chi connectivity index (χ0n) is 12.7. The summed E-state index contributed by atoms with van der Waals surface area (Å²) in [7, 11) is 2.03. The fourth-order valence-electron chi connectivity index (χ4n) is 3.10. The van der Waals surface area contributed by atoms with Crippen molar-refractivity contribution in [3.05, 3.63) is 69.2 Å². The summed E-state index contributed by atoms with van der Waals surface area (Å²) in [6, 6.07) is 15.9. The number of hydrogen-bond donors (Lipinski definition) is 1. The molecule has 2 aromatic rings. The van der Waals surface area contributed by atoms with Crippen LogP contribution in [0.1, 0.15) is 53.5 Å². The van der Waals surface area contributed by atoms with E-state index in [1.165, 1.54) is 46.0 Å². The van der Waals surface area contributed by atoms with E-state index in [0.29, 0.717) is 0 Å². The molecule has 1 atom stereocenters. The molecule has 1 fully saturated rings. The molecule has 21 heavy (non-hydrogen) atoms. The monoisotopic (exact) mass is 343 g/mol. The normalized spacial score (nSPS) is 16.5. The predicted octanol–water partition coefficient (Wildman–Crippen LogP) is 5.33. The van der Waals surface area contributed by atoms with Gasteiger partial charge in [0, 0.05) is 4.47 Å². The second-order valence-corrected chi connectivity index (χ2v) is 6.79. The average molecular weight is 344 g/mol. The lowest BCUT2D eigenvalue weighted by molar-refractivity contribution is 0.419. The highest BCUT2D eigenvalue weighted by Gasteiger charge is 2.20. The van der Waals surface area contributed by atoms with Crippen molar-refractivity contribution in [1.82, 2.24) is 5.32 Å². The number of benzene rings is 2. The molecular formula is C19H22BrN.